The van der Waals surface area contributed by atoms with E-state index >= 15 is 0 Å². The maximum absolute atomic E-state index is 12.7. The van der Waals surface area contributed by atoms with Crippen molar-refractivity contribution in [1.29, 1.82) is 0 Å². The first-order valence-corrected chi connectivity index (χ1v) is 8.71. The number of piperidine rings is 1. The second kappa shape index (κ2) is 7.51. The summed E-state index contributed by atoms with van der Waals surface area (Å²) in [6.45, 7) is 5.35. The summed E-state index contributed by atoms with van der Waals surface area (Å²) in [6, 6.07) is 9.67. The quantitative estimate of drug-likeness (QED) is 0.909. The highest BCUT2D eigenvalue weighted by atomic mass is 16.2. The van der Waals surface area contributed by atoms with Crippen molar-refractivity contribution < 1.29 is 9.59 Å². The van der Waals surface area contributed by atoms with Crippen LogP contribution in [-0.4, -0.2) is 38.9 Å². The van der Waals surface area contributed by atoms with E-state index in [0.717, 1.165) is 18.5 Å². The van der Waals surface area contributed by atoms with Crippen molar-refractivity contribution in [2.45, 2.75) is 45.3 Å². The molecular weight excluding hydrogens is 316 g/mol. The van der Waals surface area contributed by atoms with Crippen molar-refractivity contribution in [3.63, 3.8) is 0 Å². The Labute approximate surface area is 147 Å². The molecular formula is C19H24N4O2. The molecule has 25 heavy (non-hydrogen) atoms. The fraction of sp³-hybridized carbons (Fsp3) is 0.421. The molecule has 1 N–H and O–H groups in total. The third-order valence-corrected chi connectivity index (χ3v) is 4.48. The first-order chi connectivity index (χ1) is 12.0. The maximum atomic E-state index is 12.7. The molecule has 1 saturated heterocycles. The second-order valence-corrected chi connectivity index (χ2v) is 6.71. The number of carbonyl (C=O) groups excluding carboxylic acids is 2. The number of likely N-dealkylation sites (tertiary alicyclic amines) is 1. The molecule has 2 amide bonds. The van der Waals surface area contributed by atoms with E-state index in [0.29, 0.717) is 18.7 Å². The van der Waals surface area contributed by atoms with E-state index in [4.69, 9.17) is 0 Å². The Morgan fingerprint density at radius 1 is 1.32 bits per heavy atom. The average Bonchev–Trinajstić information content (AvgIpc) is 3.10. The third-order valence-electron chi connectivity index (χ3n) is 4.48. The molecule has 6 nitrogen and oxygen atoms in total. The Hall–Kier alpha value is -2.63. The van der Waals surface area contributed by atoms with E-state index in [9.17, 15) is 9.59 Å². The molecule has 1 unspecified atom stereocenters. The number of nitrogens with zero attached hydrogens (tertiary/aromatic N) is 3. The molecule has 0 spiro atoms. The molecule has 1 aliphatic heterocycles. The molecule has 1 fully saturated rings. The molecule has 132 valence electrons. The number of aromatic nitrogens is 2. The second-order valence-electron chi connectivity index (χ2n) is 6.71. The predicted molar refractivity (Wildman–Crippen MR) is 95.0 cm³/mol. The van der Waals surface area contributed by atoms with Gasteiger partial charge < -0.3 is 14.8 Å². The zero-order valence-corrected chi connectivity index (χ0v) is 14.7. The van der Waals surface area contributed by atoms with E-state index in [1.807, 2.05) is 53.6 Å². The average molecular weight is 340 g/mol. The molecule has 0 saturated carbocycles. The lowest BCUT2D eigenvalue weighted by atomic mass is 10.0. The van der Waals surface area contributed by atoms with Gasteiger partial charge in [0.2, 0.25) is 5.91 Å². The van der Waals surface area contributed by atoms with Gasteiger partial charge in [0.15, 0.2) is 0 Å². The van der Waals surface area contributed by atoms with Gasteiger partial charge in [0.25, 0.3) is 5.91 Å². The van der Waals surface area contributed by atoms with Gasteiger partial charge >= 0.3 is 0 Å². The first-order valence-electron chi connectivity index (χ1n) is 8.71. The van der Waals surface area contributed by atoms with Gasteiger partial charge in [-0.1, -0.05) is 30.3 Å². The Balaban J connectivity index is 1.63. The summed E-state index contributed by atoms with van der Waals surface area (Å²) >= 11 is 0. The van der Waals surface area contributed by atoms with Crippen LogP contribution < -0.4 is 5.32 Å². The lowest BCUT2D eigenvalue weighted by Crippen LogP contribution is -2.51. The van der Waals surface area contributed by atoms with Crippen molar-refractivity contribution in [3.05, 3.63) is 54.1 Å². The first kappa shape index (κ1) is 17.2. The number of nitrogens with one attached hydrogen (secondary N) is 1. The molecule has 0 bridgehead atoms. The van der Waals surface area contributed by atoms with E-state index < -0.39 is 6.04 Å². The maximum Gasteiger partial charge on any atom is 0.272 e. The van der Waals surface area contributed by atoms with Crippen LogP contribution in [-0.2, 0) is 11.3 Å². The van der Waals surface area contributed by atoms with Gasteiger partial charge in [-0.25, -0.2) is 4.98 Å². The summed E-state index contributed by atoms with van der Waals surface area (Å²) in [5.74, 6) is -0.314. The molecule has 2 heterocycles. The molecule has 6 heteroatoms. The van der Waals surface area contributed by atoms with Crippen LogP contribution in [0.4, 0.5) is 0 Å². The van der Waals surface area contributed by atoms with Crippen LogP contribution in [0.1, 0.15) is 48.8 Å². The molecule has 0 aliphatic carbocycles. The summed E-state index contributed by atoms with van der Waals surface area (Å²) in [6.07, 6.45) is 4.91. The number of carbonyl (C=O) groups is 2. The largest absolute Gasteiger partial charge is 0.339 e. The number of rotatable bonds is 5. The highest BCUT2D eigenvalue weighted by Crippen LogP contribution is 2.16. The highest BCUT2D eigenvalue weighted by Gasteiger charge is 2.30. The van der Waals surface area contributed by atoms with Gasteiger partial charge in [-0.15, -0.1) is 0 Å². The Morgan fingerprint density at radius 3 is 2.76 bits per heavy atom. The lowest BCUT2D eigenvalue weighted by molar-refractivity contribution is -0.136. The van der Waals surface area contributed by atoms with Crippen molar-refractivity contribution >= 4 is 11.8 Å². The van der Waals surface area contributed by atoms with Crippen LogP contribution in [0.25, 0.3) is 0 Å². The van der Waals surface area contributed by atoms with Crippen LogP contribution in [0.15, 0.2) is 42.9 Å². The normalized spacial score (nSPS) is 17.8. The number of hydrogen-bond acceptors (Lipinski definition) is 3. The minimum atomic E-state index is -0.478. The van der Waals surface area contributed by atoms with Crippen molar-refractivity contribution in [3.8, 4) is 0 Å². The molecule has 3 rings (SSSR count). The molecule has 1 aliphatic rings. The highest BCUT2D eigenvalue weighted by molar-refractivity contribution is 5.96. The Kier molecular flexibility index (Phi) is 5.16. The van der Waals surface area contributed by atoms with Crippen LogP contribution in [0, 0.1) is 0 Å². The topological polar surface area (TPSA) is 67.2 Å². The van der Waals surface area contributed by atoms with Crippen LogP contribution >= 0.6 is 0 Å². The zero-order valence-electron chi connectivity index (χ0n) is 14.7. The SMILES string of the molecule is CC(C)n1cnc(C(=O)NC2CCCN(Cc3ccccc3)C2=O)c1. The number of amides is 2. The van der Waals surface area contributed by atoms with E-state index in [-0.39, 0.29) is 17.9 Å². The molecule has 1 atom stereocenters. The van der Waals surface area contributed by atoms with Gasteiger partial charge in [-0.2, -0.15) is 0 Å². The molecule has 1 aromatic carbocycles. The van der Waals surface area contributed by atoms with E-state index in [1.54, 1.807) is 12.5 Å². The summed E-state index contributed by atoms with van der Waals surface area (Å²) in [5.41, 5.74) is 1.44. The molecule has 1 aromatic heterocycles. The monoisotopic (exact) mass is 340 g/mol. The zero-order chi connectivity index (χ0) is 17.8. The summed E-state index contributed by atoms with van der Waals surface area (Å²) in [5, 5.41) is 2.85. The van der Waals surface area contributed by atoms with Gasteiger partial charge in [-0.05, 0) is 32.3 Å². The van der Waals surface area contributed by atoms with Crippen LogP contribution in [0.3, 0.4) is 0 Å². The minimum absolute atomic E-state index is 0.0215. The molecule has 0 radical (unpaired) electrons. The predicted octanol–water partition coefficient (Wildman–Crippen LogP) is 2.39. The lowest BCUT2D eigenvalue weighted by Gasteiger charge is -2.32. The number of hydrogen-bond donors (Lipinski definition) is 1. The van der Waals surface area contributed by atoms with Gasteiger partial charge in [0.05, 0.1) is 6.33 Å². The van der Waals surface area contributed by atoms with Gasteiger partial charge in [0, 0.05) is 25.3 Å². The van der Waals surface area contributed by atoms with E-state index in [2.05, 4.69) is 10.3 Å². The van der Waals surface area contributed by atoms with Crippen molar-refractivity contribution in [2.75, 3.05) is 6.54 Å². The standard InChI is InChI=1S/C19H24N4O2/c1-14(2)23-12-17(20-13-23)18(24)21-16-9-6-10-22(19(16)25)11-15-7-4-3-5-8-15/h3-5,7-8,12-14,16H,6,9-11H2,1-2H3,(H,21,24). The Morgan fingerprint density at radius 2 is 2.08 bits per heavy atom. The van der Waals surface area contributed by atoms with Gasteiger partial charge in [-0.3, -0.25) is 9.59 Å². The van der Waals surface area contributed by atoms with Crippen LogP contribution in [0.5, 0.6) is 0 Å². The molecule has 2 aromatic rings. The fourth-order valence-corrected chi connectivity index (χ4v) is 3.00. The van der Waals surface area contributed by atoms with Crippen molar-refractivity contribution in [2.24, 2.45) is 0 Å². The van der Waals surface area contributed by atoms with E-state index in [1.165, 1.54) is 0 Å². The van der Waals surface area contributed by atoms with Gasteiger partial charge in [0.1, 0.15) is 11.7 Å². The smallest absolute Gasteiger partial charge is 0.272 e. The fourth-order valence-electron chi connectivity index (χ4n) is 3.00. The van der Waals surface area contributed by atoms with Crippen LogP contribution in [0.2, 0.25) is 0 Å². The summed E-state index contributed by atoms with van der Waals surface area (Å²) in [4.78, 5) is 31.1. The number of imidazole rings is 1. The summed E-state index contributed by atoms with van der Waals surface area (Å²) < 4.78 is 1.87. The number of benzene rings is 1. The summed E-state index contributed by atoms with van der Waals surface area (Å²) in [7, 11) is 0. The Bertz CT molecular complexity index is 739. The minimum Gasteiger partial charge on any atom is -0.339 e. The van der Waals surface area contributed by atoms with Crippen molar-refractivity contribution in [1.82, 2.24) is 19.8 Å². The third kappa shape index (κ3) is 4.07.